The molecule has 0 spiro atoms. The van der Waals surface area contributed by atoms with Gasteiger partial charge in [-0.2, -0.15) is 9.59 Å². The smallest absolute Gasteiger partial charge is 0.373 e. The zero-order chi connectivity index (χ0) is 15.4. The molecule has 0 atom stereocenters. The van der Waals surface area contributed by atoms with Crippen molar-refractivity contribution < 1.29 is 24.2 Å². The van der Waals surface area contributed by atoms with Crippen molar-refractivity contribution >= 4 is 11.8 Å². The number of allylic oxidation sites excluding steroid dienone is 1. The molecular formula is C14H19NO5. The van der Waals surface area contributed by atoms with Crippen molar-refractivity contribution in [3.8, 4) is 11.5 Å². The number of hydrogen-bond acceptors (Lipinski definition) is 6. The van der Waals surface area contributed by atoms with E-state index in [1.807, 2.05) is 31.2 Å². The average molecular weight is 281 g/mol. The third-order valence-corrected chi connectivity index (χ3v) is 2.41. The van der Waals surface area contributed by atoms with Crippen LogP contribution in [-0.2, 0) is 9.59 Å². The second-order valence-electron chi connectivity index (χ2n) is 3.50. The molecule has 0 saturated heterocycles. The minimum atomic E-state index is 0.0931. The fraction of sp³-hybridized carbons (Fsp3) is 0.357. The molecule has 0 aliphatic rings. The highest BCUT2D eigenvalue weighted by atomic mass is 16.5. The maximum Gasteiger partial charge on any atom is 0.373 e. The Bertz CT molecular complexity index is 465. The van der Waals surface area contributed by atoms with Gasteiger partial charge < -0.3 is 19.9 Å². The molecule has 0 aliphatic heterocycles. The molecule has 2 N–H and O–H groups in total. The van der Waals surface area contributed by atoms with Crippen LogP contribution in [0.25, 0.3) is 5.70 Å². The second-order valence-corrected chi connectivity index (χ2v) is 3.50. The number of aliphatic hydroxyl groups is 1. The molecule has 0 heterocycles. The van der Waals surface area contributed by atoms with Gasteiger partial charge in [-0.25, -0.2) is 0 Å². The first-order chi connectivity index (χ1) is 9.68. The van der Waals surface area contributed by atoms with Crippen LogP contribution >= 0.6 is 0 Å². The number of aliphatic hydroxyl groups excluding tert-OH is 1. The minimum absolute atomic E-state index is 0.0931. The molecule has 0 radical (unpaired) electrons. The van der Waals surface area contributed by atoms with Gasteiger partial charge in [-0.1, -0.05) is 6.08 Å². The van der Waals surface area contributed by atoms with Crippen molar-refractivity contribution in [3.05, 3.63) is 29.8 Å². The Kier molecular flexibility index (Phi) is 9.39. The molecule has 110 valence electrons. The number of ether oxygens (including phenoxy) is 2. The third-order valence-electron chi connectivity index (χ3n) is 2.41. The first-order valence-corrected chi connectivity index (χ1v) is 5.91. The Morgan fingerprint density at radius 1 is 1.35 bits per heavy atom. The van der Waals surface area contributed by atoms with Gasteiger partial charge in [0.25, 0.3) is 0 Å². The quantitative estimate of drug-likeness (QED) is 0.811. The summed E-state index contributed by atoms with van der Waals surface area (Å²) in [7, 11) is 3.24. The van der Waals surface area contributed by atoms with Crippen LogP contribution in [0.4, 0.5) is 0 Å². The van der Waals surface area contributed by atoms with E-state index in [1.54, 1.807) is 14.2 Å². The van der Waals surface area contributed by atoms with Crippen molar-refractivity contribution in [2.45, 2.75) is 6.92 Å². The van der Waals surface area contributed by atoms with E-state index in [-0.39, 0.29) is 12.8 Å². The van der Waals surface area contributed by atoms with Gasteiger partial charge in [0.05, 0.1) is 20.8 Å². The van der Waals surface area contributed by atoms with E-state index in [2.05, 4.69) is 5.32 Å². The molecule has 0 unspecified atom stereocenters. The fourth-order valence-electron chi connectivity index (χ4n) is 1.56. The number of hydrogen-bond donors (Lipinski definition) is 2. The maximum atomic E-state index is 8.83. The van der Waals surface area contributed by atoms with Crippen LogP contribution in [-0.4, -0.2) is 38.6 Å². The Morgan fingerprint density at radius 3 is 2.45 bits per heavy atom. The van der Waals surface area contributed by atoms with E-state index in [4.69, 9.17) is 24.2 Å². The molecule has 1 aromatic carbocycles. The second kappa shape index (κ2) is 10.6. The summed E-state index contributed by atoms with van der Waals surface area (Å²) in [5.41, 5.74) is 1.88. The molecule has 20 heavy (non-hydrogen) atoms. The van der Waals surface area contributed by atoms with E-state index in [0.717, 1.165) is 22.8 Å². The Labute approximate surface area is 118 Å². The van der Waals surface area contributed by atoms with Crippen LogP contribution in [0.5, 0.6) is 11.5 Å². The SMILES string of the molecule is C/C=C(\NCCO)c1ccc(OC)cc1OC.O=C=O. The van der Waals surface area contributed by atoms with Gasteiger partial charge in [0.2, 0.25) is 0 Å². The number of methoxy groups -OCH3 is 2. The van der Waals surface area contributed by atoms with E-state index in [0.29, 0.717) is 6.54 Å². The number of benzene rings is 1. The topological polar surface area (TPSA) is 84.9 Å². The lowest BCUT2D eigenvalue weighted by Crippen LogP contribution is -2.17. The van der Waals surface area contributed by atoms with Gasteiger partial charge in [0, 0.05) is 23.9 Å². The van der Waals surface area contributed by atoms with E-state index in [9.17, 15) is 0 Å². The lowest BCUT2D eigenvalue weighted by atomic mass is 10.1. The van der Waals surface area contributed by atoms with Gasteiger partial charge in [-0.05, 0) is 19.1 Å². The molecule has 6 nitrogen and oxygen atoms in total. The average Bonchev–Trinajstić information content (AvgIpc) is 2.48. The van der Waals surface area contributed by atoms with Crippen LogP contribution < -0.4 is 14.8 Å². The normalized spacial score (nSPS) is 9.90. The van der Waals surface area contributed by atoms with Gasteiger partial charge in [0.15, 0.2) is 0 Å². The first-order valence-electron chi connectivity index (χ1n) is 5.91. The van der Waals surface area contributed by atoms with Crippen molar-refractivity contribution in [1.29, 1.82) is 0 Å². The summed E-state index contributed by atoms with van der Waals surface area (Å²) < 4.78 is 10.5. The first kappa shape index (κ1) is 17.7. The summed E-state index contributed by atoms with van der Waals surface area (Å²) in [5, 5.41) is 12.0. The maximum absolute atomic E-state index is 8.83. The molecule has 0 fully saturated rings. The van der Waals surface area contributed by atoms with Gasteiger partial charge >= 0.3 is 6.15 Å². The standard InChI is InChI=1S/C13H19NO3.CO2/c1-4-12(14-7-8-15)11-6-5-10(16-2)9-13(11)17-3;2-1-3/h4-6,9,14-15H,7-8H2,1-3H3;/b12-4-;. The number of rotatable bonds is 6. The molecule has 0 aromatic heterocycles. The Hall–Kier alpha value is -2.30. The molecule has 1 rings (SSSR count). The van der Waals surface area contributed by atoms with Crippen LogP contribution in [0.1, 0.15) is 12.5 Å². The summed E-state index contributed by atoms with van der Waals surface area (Å²) in [4.78, 5) is 16.2. The van der Waals surface area contributed by atoms with Crippen molar-refractivity contribution in [1.82, 2.24) is 5.32 Å². The van der Waals surface area contributed by atoms with Gasteiger partial charge in [-0.3, -0.25) is 0 Å². The highest BCUT2D eigenvalue weighted by Crippen LogP contribution is 2.28. The third kappa shape index (κ3) is 5.56. The molecule has 0 aliphatic carbocycles. The van der Waals surface area contributed by atoms with Gasteiger partial charge in [0.1, 0.15) is 11.5 Å². The highest BCUT2D eigenvalue weighted by molar-refractivity contribution is 5.69. The summed E-state index contributed by atoms with van der Waals surface area (Å²) in [6, 6.07) is 5.64. The molecule has 0 amide bonds. The summed E-state index contributed by atoms with van der Waals surface area (Å²) in [5.74, 6) is 1.49. The van der Waals surface area contributed by atoms with Gasteiger partial charge in [-0.15, -0.1) is 0 Å². The zero-order valence-corrected chi connectivity index (χ0v) is 11.8. The van der Waals surface area contributed by atoms with Crippen LogP contribution in [0.15, 0.2) is 24.3 Å². The number of nitrogens with one attached hydrogen (secondary N) is 1. The van der Waals surface area contributed by atoms with E-state index in [1.165, 1.54) is 0 Å². The van der Waals surface area contributed by atoms with Crippen LogP contribution in [0.3, 0.4) is 0 Å². The predicted molar refractivity (Wildman–Crippen MR) is 73.3 cm³/mol. The van der Waals surface area contributed by atoms with Crippen molar-refractivity contribution in [2.24, 2.45) is 0 Å². The zero-order valence-electron chi connectivity index (χ0n) is 11.8. The molecule has 6 heteroatoms. The number of carbonyl (C=O) groups excluding carboxylic acids is 2. The summed E-state index contributed by atoms with van der Waals surface area (Å²) in [6.45, 7) is 2.54. The molecular weight excluding hydrogens is 262 g/mol. The minimum Gasteiger partial charge on any atom is -0.497 e. The fourth-order valence-corrected chi connectivity index (χ4v) is 1.56. The summed E-state index contributed by atoms with van der Waals surface area (Å²) in [6.07, 6.45) is 2.19. The van der Waals surface area contributed by atoms with Crippen LogP contribution in [0, 0.1) is 0 Å². The largest absolute Gasteiger partial charge is 0.497 e. The molecule has 0 bridgehead atoms. The Morgan fingerprint density at radius 2 is 2.00 bits per heavy atom. The van der Waals surface area contributed by atoms with Crippen molar-refractivity contribution in [3.63, 3.8) is 0 Å². The van der Waals surface area contributed by atoms with Crippen LogP contribution in [0.2, 0.25) is 0 Å². The monoisotopic (exact) mass is 281 g/mol. The van der Waals surface area contributed by atoms with E-state index < -0.39 is 0 Å². The highest BCUT2D eigenvalue weighted by Gasteiger charge is 2.08. The Balaban J connectivity index is 0.00000110. The predicted octanol–water partition coefficient (Wildman–Crippen LogP) is 1.06. The lowest BCUT2D eigenvalue weighted by molar-refractivity contribution is -0.191. The molecule has 0 saturated carbocycles. The summed E-state index contributed by atoms with van der Waals surface area (Å²) >= 11 is 0. The van der Waals surface area contributed by atoms with E-state index >= 15 is 0 Å². The lowest BCUT2D eigenvalue weighted by Gasteiger charge is -2.14. The molecule has 1 aromatic rings. The van der Waals surface area contributed by atoms with Crippen molar-refractivity contribution in [2.75, 3.05) is 27.4 Å².